The van der Waals surface area contributed by atoms with E-state index >= 15 is 0 Å². The van der Waals surface area contributed by atoms with Crippen molar-refractivity contribution in [2.45, 2.75) is 50.2 Å². The lowest BCUT2D eigenvalue weighted by molar-refractivity contribution is -0.157. The molecule has 5 heteroatoms. The van der Waals surface area contributed by atoms with E-state index in [1.807, 2.05) is 35.2 Å². The molecule has 1 atom stereocenters. The molecular weight excluding hydrogens is 358 g/mol. The van der Waals surface area contributed by atoms with E-state index in [2.05, 4.69) is 0 Å². The Kier molecular flexibility index (Phi) is 4.15. The molecule has 5 fully saturated rings. The molecule has 1 heterocycles. The Morgan fingerprint density at radius 3 is 2.11 bits per heavy atom. The van der Waals surface area contributed by atoms with Crippen LogP contribution in [0.5, 0.6) is 0 Å². The Hall–Kier alpha value is -1.36. The van der Waals surface area contributed by atoms with Crippen LogP contribution in [0.3, 0.4) is 0 Å². The Morgan fingerprint density at radius 2 is 1.52 bits per heavy atom. The molecule has 0 unspecified atom stereocenters. The highest BCUT2D eigenvalue weighted by Crippen LogP contribution is 2.60. The summed E-state index contributed by atoms with van der Waals surface area (Å²) in [4.78, 5) is 15.5. The summed E-state index contributed by atoms with van der Waals surface area (Å²) in [5, 5.41) is -0.479. The van der Waals surface area contributed by atoms with E-state index in [0.717, 1.165) is 42.6 Å². The van der Waals surface area contributed by atoms with Gasteiger partial charge in [-0.2, -0.15) is 0 Å². The summed E-state index contributed by atoms with van der Waals surface area (Å²) < 4.78 is 25.8. The predicted octanol–water partition coefficient (Wildman–Crippen LogP) is 3.59. The first-order valence-electron chi connectivity index (χ1n) is 10.5. The van der Waals surface area contributed by atoms with Gasteiger partial charge in [0, 0.05) is 13.1 Å². The van der Waals surface area contributed by atoms with Crippen LogP contribution in [0.1, 0.15) is 55.8 Å². The van der Waals surface area contributed by atoms with E-state index in [1.54, 1.807) is 0 Å². The molecule has 27 heavy (non-hydrogen) atoms. The first kappa shape index (κ1) is 17.7. The van der Waals surface area contributed by atoms with E-state index in [4.69, 9.17) is 0 Å². The molecule has 4 nitrogen and oxygen atoms in total. The van der Waals surface area contributed by atoms with Crippen molar-refractivity contribution < 1.29 is 13.2 Å². The van der Waals surface area contributed by atoms with E-state index in [9.17, 15) is 13.2 Å². The second-order valence-corrected chi connectivity index (χ2v) is 11.8. The van der Waals surface area contributed by atoms with E-state index in [0.29, 0.717) is 19.5 Å². The van der Waals surface area contributed by atoms with Crippen molar-refractivity contribution in [3.05, 3.63) is 35.9 Å². The molecule has 1 aromatic carbocycles. The number of sulfone groups is 1. The van der Waals surface area contributed by atoms with Crippen LogP contribution < -0.4 is 0 Å². The van der Waals surface area contributed by atoms with Gasteiger partial charge in [-0.3, -0.25) is 4.79 Å². The number of hydrogen-bond acceptors (Lipinski definition) is 3. The van der Waals surface area contributed by atoms with Crippen LogP contribution >= 0.6 is 0 Å². The van der Waals surface area contributed by atoms with Crippen molar-refractivity contribution >= 4 is 15.7 Å². The Bertz CT molecular complexity index is 797. The maximum Gasteiger partial charge on any atom is 0.228 e. The minimum absolute atomic E-state index is 0.0880. The van der Waals surface area contributed by atoms with Gasteiger partial charge in [-0.1, -0.05) is 30.3 Å². The first-order valence-corrected chi connectivity index (χ1v) is 12.2. The number of benzene rings is 1. The fourth-order valence-electron chi connectivity index (χ4n) is 6.90. The molecule has 0 radical (unpaired) electrons. The van der Waals surface area contributed by atoms with Gasteiger partial charge in [-0.25, -0.2) is 8.42 Å². The lowest BCUT2D eigenvalue weighted by Gasteiger charge is -2.56. The van der Waals surface area contributed by atoms with Crippen LogP contribution in [-0.2, 0) is 14.6 Å². The molecule has 0 aromatic heterocycles. The van der Waals surface area contributed by atoms with Gasteiger partial charge in [0.25, 0.3) is 0 Å². The highest BCUT2D eigenvalue weighted by molar-refractivity contribution is 7.91. The fraction of sp³-hybridized carbons (Fsp3) is 0.682. The maximum atomic E-state index is 13.6. The molecule has 0 N–H and O–H groups in total. The normalized spacial score (nSPS) is 39.9. The second kappa shape index (κ2) is 6.33. The van der Waals surface area contributed by atoms with Gasteiger partial charge >= 0.3 is 0 Å². The molecule has 0 spiro atoms. The third-order valence-electron chi connectivity index (χ3n) is 7.69. The third-order valence-corrected chi connectivity index (χ3v) is 9.82. The lowest BCUT2D eigenvalue weighted by Crippen LogP contribution is -2.55. The number of amides is 1. The summed E-state index contributed by atoms with van der Waals surface area (Å²) in [5.74, 6) is 2.55. The van der Waals surface area contributed by atoms with Crippen LogP contribution in [0, 0.1) is 23.2 Å². The molecule has 4 aliphatic carbocycles. The number of nitrogens with zero attached hydrogens (tertiary/aromatic N) is 1. The van der Waals surface area contributed by atoms with Crippen molar-refractivity contribution in [3.63, 3.8) is 0 Å². The van der Waals surface area contributed by atoms with Crippen LogP contribution in [-0.4, -0.2) is 38.1 Å². The van der Waals surface area contributed by atoms with E-state index < -0.39 is 15.1 Å². The maximum absolute atomic E-state index is 13.6. The van der Waals surface area contributed by atoms with Crippen molar-refractivity contribution in [2.75, 3.05) is 18.8 Å². The van der Waals surface area contributed by atoms with Crippen LogP contribution in [0.2, 0.25) is 0 Å². The Labute approximate surface area is 162 Å². The minimum Gasteiger partial charge on any atom is -0.341 e. The summed E-state index contributed by atoms with van der Waals surface area (Å²) in [7, 11) is -3.23. The first-order chi connectivity index (χ1) is 13.0. The van der Waals surface area contributed by atoms with Crippen molar-refractivity contribution in [1.29, 1.82) is 0 Å². The van der Waals surface area contributed by atoms with E-state index in [-0.39, 0.29) is 17.1 Å². The zero-order valence-electron chi connectivity index (χ0n) is 15.8. The highest BCUT2D eigenvalue weighted by Gasteiger charge is 2.55. The van der Waals surface area contributed by atoms with Gasteiger partial charge in [0.15, 0.2) is 9.84 Å². The van der Waals surface area contributed by atoms with Crippen molar-refractivity contribution in [1.82, 2.24) is 4.90 Å². The van der Waals surface area contributed by atoms with Gasteiger partial charge in [-0.15, -0.1) is 0 Å². The molecule has 4 saturated carbocycles. The smallest absolute Gasteiger partial charge is 0.228 e. The topological polar surface area (TPSA) is 54.5 Å². The average molecular weight is 388 g/mol. The molecule has 146 valence electrons. The Morgan fingerprint density at radius 1 is 0.926 bits per heavy atom. The number of rotatable bonds is 2. The molecule has 1 aliphatic heterocycles. The van der Waals surface area contributed by atoms with Crippen molar-refractivity contribution in [2.24, 2.45) is 23.2 Å². The zero-order valence-corrected chi connectivity index (χ0v) is 16.7. The standard InChI is InChI=1S/C22H29NO3S/c24-21(22-13-16-10-17(14-22)12-18(11-16)15-22)23-7-6-20(27(25,26)9-8-23)19-4-2-1-3-5-19/h1-5,16-18,20H,6-15H2/t16?,17?,18?,20-,22?/m1/s1. The van der Waals surface area contributed by atoms with Gasteiger partial charge < -0.3 is 4.90 Å². The molecular formula is C22H29NO3S. The van der Waals surface area contributed by atoms with Crippen LogP contribution in [0.4, 0.5) is 0 Å². The molecule has 5 aliphatic rings. The fourth-order valence-corrected chi connectivity index (χ4v) is 8.69. The highest BCUT2D eigenvalue weighted by atomic mass is 32.2. The Balaban J connectivity index is 1.37. The molecule has 1 aromatic rings. The summed E-state index contributed by atoms with van der Waals surface area (Å²) in [6.07, 6.45) is 7.60. The monoisotopic (exact) mass is 387 g/mol. The van der Waals surface area contributed by atoms with Crippen LogP contribution in [0.25, 0.3) is 0 Å². The van der Waals surface area contributed by atoms with Gasteiger partial charge in [0.1, 0.15) is 0 Å². The SMILES string of the molecule is O=C(N1CC[C@H](c2ccccc2)S(=O)(=O)CC1)C12CC3CC(CC(C3)C1)C2. The second-order valence-electron chi connectivity index (χ2n) is 9.55. The van der Waals surface area contributed by atoms with Crippen LogP contribution in [0.15, 0.2) is 30.3 Å². The third kappa shape index (κ3) is 3.02. The summed E-state index contributed by atoms with van der Waals surface area (Å²) in [6, 6.07) is 9.51. The predicted molar refractivity (Wildman–Crippen MR) is 105 cm³/mol. The van der Waals surface area contributed by atoms with Gasteiger partial charge in [0.05, 0.1) is 16.4 Å². The van der Waals surface area contributed by atoms with Gasteiger partial charge in [-0.05, 0) is 68.3 Å². The molecule has 1 saturated heterocycles. The number of hydrogen-bond donors (Lipinski definition) is 0. The summed E-state index contributed by atoms with van der Waals surface area (Å²) in [6.45, 7) is 0.936. The van der Waals surface area contributed by atoms with Gasteiger partial charge in [0.2, 0.25) is 5.91 Å². The van der Waals surface area contributed by atoms with Crippen molar-refractivity contribution in [3.8, 4) is 0 Å². The summed E-state index contributed by atoms with van der Waals surface area (Å²) in [5.41, 5.74) is 0.687. The average Bonchev–Trinajstić information content (AvgIpc) is 2.79. The van der Waals surface area contributed by atoms with E-state index in [1.165, 1.54) is 19.3 Å². The quantitative estimate of drug-likeness (QED) is 0.779. The molecule has 4 bridgehead atoms. The lowest BCUT2D eigenvalue weighted by atomic mass is 9.49. The molecule has 1 amide bonds. The number of carbonyl (C=O) groups excluding carboxylic acids is 1. The molecule has 6 rings (SSSR count). The zero-order chi connectivity index (χ0) is 18.6. The number of carbonyl (C=O) groups is 1. The summed E-state index contributed by atoms with van der Waals surface area (Å²) >= 11 is 0. The minimum atomic E-state index is -3.23. The largest absolute Gasteiger partial charge is 0.341 e.